The van der Waals surface area contributed by atoms with Crippen LogP contribution < -0.4 is 15.8 Å². The van der Waals surface area contributed by atoms with Crippen molar-refractivity contribution in [2.45, 2.75) is 26.3 Å². The summed E-state index contributed by atoms with van der Waals surface area (Å²) in [6, 6.07) is 5.13. The summed E-state index contributed by atoms with van der Waals surface area (Å²) < 4.78 is 5.28. The van der Waals surface area contributed by atoms with Crippen molar-refractivity contribution in [1.82, 2.24) is 4.90 Å². The van der Waals surface area contributed by atoms with Gasteiger partial charge in [0.25, 0.3) is 11.8 Å². The van der Waals surface area contributed by atoms with Gasteiger partial charge in [-0.1, -0.05) is 13.8 Å². The van der Waals surface area contributed by atoms with Crippen LogP contribution in [0.4, 0.5) is 5.69 Å². The van der Waals surface area contributed by atoms with Gasteiger partial charge in [0.1, 0.15) is 5.75 Å². The second kappa shape index (κ2) is 6.79. The third kappa shape index (κ3) is 3.76. The van der Waals surface area contributed by atoms with Crippen molar-refractivity contribution in [2.24, 2.45) is 11.7 Å². The van der Waals surface area contributed by atoms with E-state index in [-0.39, 0.29) is 24.5 Å². The van der Waals surface area contributed by atoms with E-state index in [1.165, 1.54) is 0 Å². The Morgan fingerprint density at radius 3 is 2.86 bits per heavy atom. The van der Waals surface area contributed by atoms with Crippen molar-refractivity contribution >= 4 is 17.5 Å². The van der Waals surface area contributed by atoms with Crippen LogP contribution in [0.2, 0.25) is 0 Å². The normalized spacial score (nSPS) is 14.9. The monoisotopic (exact) mass is 305 g/mol. The number of nitrogens with zero attached hydrogens (tertiary/aromatic N) is 1. The van der Waals surface area contributed by atoms with E-state index >= 15 is 0 Å². The van der Waals surface area contributed by atoms with Crippen LogP contribution in [0.5, 0.6) is 5.75 Å². The second-order valence-electron chi connectivity index (χ2n) is 5.97. The van der Waals surface area contributed by atoms with E-state index in [0.29, 0.717) is 29.5 Å². The first-order valence-electron chi connectivity index (χ1n) is 7.46. The van der Waals surface area contributed by atoms with E-state index in [1.807, 2.05) is 0 Å². The highest BCUT2D eigenvalue weighted by Crippen LogP contribution is 2.28. The molecule has 22 heavy (non-hydrogen) atoms. The van der Waals surface area contributed by atoms with Crippen molar-refractivity contribution in [3.05, 3.63) is 23.8 Å². The number of amides is 2. The molecule has 1 unspecified atom stereocenters. The van der Waals surface area contributed by atoms with Gasteiger partial charge in [-0.25, -0.2) is 0 Å². The molecular formula is C16H23N3O3. The molecule has 120 valence electrons. The molecule has 0 spiro atoms. The maximum Gasteiger partial charge on any atom is 0.262 e. The van der Waals surface area contributed by atoms with Gasteiger partial charge in [0, 0.05) is 25.2 Å². The summed E-state index contributed by atoms with van der Waals surface area (Å²) in [6.45, 7) is 4.74. The Bertz CT molecular complexity index is 572. The lowest BCUT2D eigenvalue weighted by atomic mass is 10.0. The predicted molar refractivity (Wildman–Crippen MR) is 85.0 cm³/mol. The molecule has 6 nitrogen and oxygen atoms in total. The highest BCUT2D eigenvalue weighted by Gasteiger charge is 2.19. The molecule has 3 N–H and O–H groups in total. The maximum atomic E-state index is 12.4. The zero-order chi connectivity index (χ0) is 16.3. The molecule has 1 aliphatic rings. The molecule has 0 bridgehead atoms. The molecule has 0 aromatic heterocycles. The molecule has 2 amide bonds. The van der Waals surface area contributed by atoms with Gasteiger partial charge >= 0.3 is 0 Å². The molecular weight excluding hydrogens is 282 g/mol. The quantitative estimate of drug-likeness (QED) is 0.862. The van der Waals surface area contributed by atoms with Gasteiger partial charge in [-0.05, 0) is 30.5 Å². The standard InChI is InChI=1S/C16H23N3O3/c1-10(2)12(17)6-7-19(3)16(21)11-4-5-14-13(8-11)18-15(20)9-22-14/h4-5,8,10,12H,6-7,9,17H2,1-3H3,(H,18,20). The van der Waals surface area contributed by atoms with Crippen LogP contribution in [-0.2, 0) is 4.79 Å². The average Bonchev–Trinajstić information content (AvgIpc) is 2.50. The van der Waals surface area contributed by atoms with Crippen molar-refractivity contribution in [1.29, 1.82) is 0 Å². The molecule has 1 aliphatic heterocycles. The minimum atomic E-state index is -0.214. The van der Waals surface area contributed by atoms with Gasteiger partial charge in [-0.2, -0.15) is 0 Å². The largest absolute Gasteiger partial charge is 0.482 e. The lowest BCUT2D eigenvalue weighted by Gasteiger charge is -2.23. The van der Waals surface area contributed by atoms with Crippen LogP contribution in [-0.4, -0.2) is 43.0 Å². The molecule has 0 fully saturated rings. The number of hydrogen-bond acceptors (Lipinski definition) is 4. The number of ether oxygens (including phenoxy) is 1. The first-order chi connectivity index (χ1) is 10.4. The summed E-state index contributed by atoms with van der Waals surface area (Å²) in [7, 11) is 1.75. The molecule has 0 radical (unpaired) electrons. The van der Waals surface area contributed by atoms with Gasteiger partial charge in [0.15, 0.2) is 6.61 Å². The van der Waals surface area contributed by atoms with Crippen LogP contribution in [0.1, 0.15) is 30.6 Å². The van der Waals surface area contributed by atoms with Gasteiger partial charge in [-0.15, -0.1) is 0 Å². The number of fused-ring (bicyclic) bond motifs is 1. The van der Waals surface area contributed by atoms with Gasteiger partial charge in [0.2, 0.25) is 0 Å². The second-order valence-corrected chi connectivity index (χ2v) is 5.97. The fourth-order valence-electron chi connectivity index (χ4n) is 2.21. The topological polar surface area (TPSA) is 84.7 Å². The Kier molecular flexibility index (Phi) is 5.03. The summed E-state index contributed by atoms with van der Waals surface area (Å²) in [4.78, 5) is 25.4. The van der Waals surface area contributed by atoms with E-state index in [4.69, 9.17) is 10.5 Å². The first kappa shape index (κ1) is 16.3. The molecule has 1 aromatic carbocycles. The molecule has 1 atom stereocenters. The van der Waals surface area contributed by atoms with E-state index in [1.54, 1.807) is 30.1 Å². The summed E-state index contributed by atoms with van der Waals surface area (Å²) >= 11 is 0. The molecule has 0 saturated carbocycles. The smallest absolute Gasteiger partial charge is 0.262 e. The SMILES string of the molecule is CC(C)C(N)CCN(C)C(=O)c1ccc2c(c1)NC(=O)CO2. The van der Waals surface area contributed by atoms with E-state index < -0.39 is 0 Å². The first-order valence-corrected chi connectivity index (χ1v) is 7.46. The van der Waals surface area contributed by atoms with Crippen LogP contribution in [0.15, 0.2) is 18.2 Å². The van der Waals surface area contributed by atoms with Crippen molar-refractivity contribution in [3.8, 4) is 5.75 Å². The van der Waals surface area contributed by atoms with Crippen molar-refractivity contribution in [2.75, 3.05) is 25.5 Å². The average molecular weight is 305 g/mol. The predicted octanol–water partition coefficient (Wildman–Crippen LogP) is 1.46. The Morgan fingerprint density at radius 2 is 2.18 bits per heavy atom. The summed E-state index contributed by atoms with van der Waals surface area (Å²) in [5.41, 5.74) is 7.06. The fourth-order valence-corrected chi connectivity index (χ4v) is 2.21. The third-order valence-corrected chi connectivity index (χ3v) is 3.86. The maximum absolute atomic E-state index is 12.4. The molecule has 2 rings (SSSR count). The number of hydrogen-bond donors (Lipinski definition) is 2. The highest BCUT2D eigenvalue weighted by atomic mass is 16.5. The minimum absolute atomic E-state index is 0.00723. The fraction of sp³-hybridized carbons (Fsp3) is 0.500. The van der Waals surface area contributed by atoms with Gasteiger partial charge in [-0.3, -0.25) is 9.59 Å². The summed E-state index contributed by atoms with van der Waals surface area (Å²) in [6.07, 6.45) is 0.755. The van der Waals surface area contributed by atoms with Crippen LogP contribution >= 0.6 is 0 Å². The molecule has 6 heteroatoms. The number of anilines is 1. The lowest BCUT2D eigenvalue weighted by molar-refractivity contribution is -0.118. The Hall–Kier alpha value is -2.08. The third-order valence-electron chi connectivity index (χ3n) is 3.86. The Balaban J connectivity index is 2.03. The Labute approximate surface area is 130 Å². The number of nitrogens with two attached hydrogens (primary N) is 1. The summed E-state index contributed by atoms with van der Waals surface area (Å²) in [5, 5.41) is 2.70. The lowest BCUT2D eigenvalue weighted by Crippen LogP contribution is -2.34. The van der Waals surface area contributed by atoms with E-state index in [9.17, 15) is 9.59 Å². The number of carbonyl (C=O) groups is 2. The molecule has 1 aromatic rings. The van der Waals surface area contributed by atoms with Gasteiger partial charge < -0.3 is 20.7 Å². The van der Waals surface area contributed by atoms with Crippen LogP contribution in [0.25, 0.3) is 0 Å². The summed E-state index contributed by atoms with van der Waals surface area (Å²) in [5.74, 6) is 0.659. The molecule has 0 saturated heterocycles. The van der Waals surface area contributed by atoms with Crippen molar-refractivity contribution in [3.63, 3.8) is 0 Å². The van der Waals surface area contributed by atoms with Crippen LogP contribution in [0, 0.1) is 5.92 Å². The van der Waals surface area contributed by atoms with Crippen molar-refractivity contribution < 1.29 is 14.3 Å². The number of benzene rings is 1. The number of nitrogens with one attached hydrogen (secondary N) is 1. The number of rotatable bonds is 5. The number of carbonyl (C=O) groups excluding carboxylic acids is 2. The Morgan fingerprint density at radius 1 is 1.45 bits per heavy atom. The highest BCUT2D eigenvalue weighted by molar-refractivity contribution is 5.99. The zero-order valence-corrected chi connectivity index (χ0v) is 13.3. The van der Waals surface area contributed by atoms with Crippen LogP contribution in [0.3, 0.4) is 0 Å². The molecule has 1 heterocycles. The zero-order valence-electron chi connectivity index (χ0n) is 13.3. The van der Waals surface area contributed by atoms with E-state index in [2.05, 4.69) is 19.2 Å². The molecule has 0 aliphatic carbocycles. The minimum Gasteiger partial charge on any atom is -0.482 e. The van der Waals surface area contributed by atoms with Gasteiger partial charge in [0.05, 0.1) is 5.69 Å². The van der Waals surface area contributed by atoms with E-state index in [0.717, 1.165) is 6.42 Å².